The molecule has 0 atom stereocenters. The molecular formula is C18H19N5O3. The summed E-state index contributed by atoms with van der Waals surface area (Å²) in [4.78, 5) is 34.0. The summed E-state index contributed by atoms with van der Waals surface area (Å²) in [5.41, 5.74) is 3.02. The van der Waals surface area contributed by atoms with Gasteiger partial charge in [-0.15, -0.1) is 0 Å². The van der Waals surface area contributed by atoms with Gasteiger partial charge in [-0.25, -0.2) is 4.79 Å². The number of nitrogens with zero attached hydrogens (tertiary/aromatic N) is 3. The highest BCUT2D eigenvalue weighted by Gasteiger charge is 2.18. The maximum atomic E-state index is 11.4. The molecular weight excluding hydrogens is 334 g/mol. The van der Waals surface area contributed by atoms with Crippen molar-refractivity contribution >= 4 is 34.3 Å². The Morgan fingerprint density at radius 1 is 1.12 bits per heavy atom. The van der Waals surface area contributed by atoms with Gasteiger partial charge in [0.2, 0.25) is 0 Å². The highest BCUT2D eigenvalue weighted by atomic mass is 16.6. The number of rotatable bonds is 6. The van der Waals surface area contributed by atoms with Gasteiger partial charge in [-0.05, 0) is 43.7 Å². The van der Waals surface area contributed by atoms with Crippen LogP contribution in [0.25, 0.3) is 11.0 Å². The van der Waals surface area contributed by atoms with E-state index in [2.05, 4.69) is 15.0 Å². The van der Waals surface area contributed by atoms with Gasteiger partial charge in [-0.2, -0.15) is 0 Å². The minimum absolute atomic E-state index is 0.0584. The monoisotopic (exact) mass is 353 g/mol. The Balaban J connectivity index is 1.92. The van der Waals surface area contributed by atoms with Gasteiger partial charge >= 0.3 is 5.69 Å². The summed E-state index contributed by atoms with van der Waals surface area (Å²) < 4.78 is 0. The van der Waals surface area contributed by atoms with E-state index in [1.165, 1.54) is 6.07 Å². The summed E-state index contributed by atoms with van der Waals surface area (Å²) in [5.74, 6) is 0. The first-order chi connectivity index (χ1) is 12.5. The minimum Gasteiger partial charge on any atom is -0.367 e. The summed E-state index contributed by atoms with van der Waals surface area (Å²) in [7, 11) is 0. The summed E-state index contributed by atoms with van der Waals surface area (Å²) in [6.07, 6.45) is 1.57. The lowest BCUT2D eigenvalue weighted by molar-refractivity contribution is -0.384. The summed E-state index contributed by atoms with van der Waals surface area (Å²) in [6.45, 7) is 5.31. The molecule has 134 valence electrons. The largest absolute Gasteiger partial charge is 0.367 e. The van der Waals surface area contributed by atoms with Gasteiger partial charge in [0.25, 0.3) is 5.69 Å². The molecule has 0 aliphatic rings. The zero-order valence-corrected chi connectivity index (χ0v) is 14.5. The zero-order valence-electron chi connectivity index (χ0n) is 14.5. The molecule has 0 saturated heterocycles. The number of hydrogen-bond donors (Lipinski definition) is 2. The molecule has 8 heteroatoms. The second kappa shape index (κ2) is 7.22. The standard InChI is InChI=1S/C18H19N5O3/c1-3-22(4-2)16-8-5-12(9-17(16)23(25)26)11-19-13-6-7-14-15(10-13)21-18(24)20-14/h5-11H,3-4H2,1-2H3,(H2,20,21,24). The SMILES string of the molecule is CCN(CC)c1ccc(C=Nc2ccc3[nH]c(=O)[nH]c3c2)cc1[N+](=O)[O-]. The van der Waals surface area contributed by atoms with E-state index in [4.69, 9.17) is 0 Å². The van der Waals surface area contributed by atoms with E-state index in [9.17, 15) is 14.9 Å². The first-order valence-electron chi connectivity index (χ1n) is 8.31. The highest BCUT2D eigenvalue weighted by Crippen LogP contribution is 2.29. The van der Waals surface area contributed by atoms with Crippen LogP contribution in [0.5, 0.6) is 0 Å². The number of hydrogen-bond acceptors (Lipinski definition) is 5. The van der Waals surface area contributed by atoms with Gasteiger partial charge in [-0.3, -0.25) is 15.1 Å². The third-order valence-corrected chi connectivity index (χ3v) is 4.16. The van der Waals surface area contributed by atoms with Gasteiger partial charge in [0, 0.05) is 25.4 Å². The maximum Gasteiger partial charge on any atom is 0.323 e. The predicted octanol–water partition coefficient (Wildman–Crippen LogP) is 3.36. The van der Waals surface area contributed by atoms with Crippen molar-refractivity contribution in [2.75, 3.05) is 18.0 Å². The molecule has 26 heavy (non-hydrogen) atoms. The molecule has 2 N–H and O–H groups in total. The van der Waals surface area contributed by atoms with Crippen molar-refractivity contribution < 1.29 is 4.92 Å². The molecule has 0 saturated carbocycles. The number of aromatic amines is 2. The third-order valence-electron chi connectivity index (χ3n) is 4.16. The molecule has 0 aliphatic carbocycles. The molecule has 0 bridgehead atoms. The fourth-order valence-electron chi connectivity index (χ4n) is 2.85. The van der Waals surface area contributed by atoms with E-state index in [1.54, 1.807) is 36.5 Å². The molecule has 0 fully saturated rings. The van der Waals surface area contributed by atoms with Crippen LogP contribution in [-0.4, -0.2) is 34.2 Å². The molecule has 0 spiro atoms. The van der Waals surface area contributed by atoms with Gasteiger partial charge in [0.1, 0.15) is 5.69 Å². The normalized spacial score (nSPS) is 11.3. The number of H-pyrrole nitrogens is 2. The number of imidazole rings is 1. The van der Waals surface area contributed by atoms with Crippen LogP contribution in [0.1, 0.15) is 19.4 Å². The molecule has 1 aromatic heterocycles. The van der Waals surface area contributed by atoms with Crippen LogP contribution in [0.2, 0.25) is 0 Å². The fraction of sp³-hybridized carbons (Fsp3) is 0.222. The van der Waals surface area contributed by atoms with Crippen LogP contribution >= 0.6 is 0 Å². The van der Waals surface area contributed by atoms with Crippen molar-refractivity contribution in [3.05, 3.63) is 62.6 Å². The Labute approximate surface area is 149 Å². The van der Waals surface area contributed by atoms with Crippen LogP contribution in [0.4, 0.5) is 17.1 Å². The van der Waals surface area contributed by atoms with Crippen molar-refractivity contribution in [2.24, 2.45) is 4.99 Å². The van der Waals surface area contributed by atoms with Crippen molar-refractivity contribution in [1.82, 2.24) is 9.97 Å². The molecule has 2 aromatic carbocycles. The Morgan fingerprint density at radius 2 is 1.85 bits per heavy atom. The molecule has 0 amide bonds. The summed E-state index contributed by atoms with van der Waals surface area (Å²) in [5, 5.41) is 11.4. The molecule has 8 nitrogen and oxygen atoms in total. The Bertz CT molecular complexity index is 1030. The molecule has 1 heterocycles. The van der Waals surface area contributed by atoms with E-state index in [1.807, 2.05) is 18.7 Å². The first kappa shape index (κ1) is 17.4. The van der Waals surface area contributed by atoms with E-state index in [0.29, 0.717) is 41.1 Å². The number of fused-ring (bicyclic) bond motifs is 1. The smallest absolute Gasteiger partial charge is 0.323 e. The van der Waals surface area contributed by atoms with Crippen molar-refractivity contribution in [1.29, 1.82) is 0 Å². The number of nitrogens with one attached hydrogen (secondary N) is 2. The number of anilines is 1. The van der Waals surface area contributed by atoms with Crippen LogP contribution < -0.4 is 10.6 Å². The van der Waals surface area contributed by atoms with Gasteiger partial charge < -0.3 is 14.9 Å². The zero-order chi connectivity index (χ0) is 18.7. The average Bonchev–Trinajstić information content (AvgIpc) is 3.00. The number of benzene rings is 2. The highest BCUT2D eigenvalue weighted by molar-refractivity contribution is 5.86. The van der Waals surface area contributed by atoms with E-state index < -0.39 is 0 Å². The summed E-state index contributed by atoms with van der Waals surface area (Å²) >= 11 is 0. The average molecular weight is 353 g/mol. The Morgan fingerprint density at radius 3 is 2.54 bits per heavy atom. The quantitative estimate of drug-likeness (QED) is 0.402. The molecule has 0 radical (unpaired) electrons. The molecule has 3 aromatic rings. The third kappa shape index (κ3) is 3.49. The van der Waals surface area contributed by atoms with Crippen LogP contribution in [0.15, 0.2) is 46.2 Å². The van der Waals surface area contributed by atoms with Gasteiger partial charge in [-0.1, -0.05) is 6.07 Å². The minimum atomic E-state index is -0.373. The van der Waals surface area contributed by atoms with E-state index >= 15 is 0 Å². The van der Waals surface area contributed by atoms with Gasteiger partial charge in [0.15, 0.2) is 0 Å². The maximum absolute atomic E-state index is 11.4. The fourth-order valence-corrected chi connectivity index (χ4v) is 2.85. The lowest BCUT2D eigenvalue weighted by atomic mass is 10.1. The topological polar surface area (TPSA) is 107 Å². The van der Waals surface area contributed by atoms with Crippen LogP contribution in [-0.2, 0) is 0 Å². The Hall–Kier alpha value is -3.42. The number of aromatic nitrogens is 2. The second-order valence-corrected chi connectivity index (χ2v) is 5.74. The summed E-state index contributed by atoms with van der Waals surface area (Å²) in [6, 6.07) is 10.3. The molecule has 0 aliphatic heterocycles. The van der Waals surface area contributed by atoms with E-state index in [-0.39, 0.29) is 16.3 Å². The number of nitro groups is 1. The lowest BCUT2D eigenvalue weighted by Gasteiger charge is -2.20. The number of nitro benzene ring substituents is 1. The number of aliphatic imine (C=N–C) groups is 1. The molecule has 0 unspecified atom stereocenters. The Kier molecular flexibility index (Phi) is 4.83. The van der Waals surface area contributed by atoms with Crippen molar-refractivity contribution in [2.45, 2.75) is 13.8 Å². The molecule has 3 rings (SSSR count). The van der Waals surface area contributed by atoms with Crippen molar-refractivity contribution in [3.63, 3.8) is 0 Å². The van der Waals surface area contributed by atoms with E-state index in [0.717, 1.165) is 0 Å². The van der Waals surface area contributed by atoms with Gasteiger partial charge in [0.05, 0.1) is 21.6 Å². The lowest BCUT2D eigenvalue weighted by Crippen LogP contribution is -2.22. The predicted molar refractivity (Wildman–Crippen MR) is 103 cm³/mol. The van der Waals surface area contributed by atoms with Crippen LogP contribution in [0, 0.1) is 10.1 Å². The second-order valence-electron chi connectivity index (χ2n) is 5.74. The van der Waals surface area contributed by atoms with Crippen LogP contribution in [0.3, 0.4) is 0 Å². The van der Waals surface area contributed by atoms with Crippen molar-refractivity contribution in [3.8, 4) is 0 Å². The first-order valence-corrected chi connectivity index (χ1v) is 8.31.